The number of ether oxygens (including phenoxy) is 5. The first-order valence-corrected chi connectivity index (χ1v) is 17.0. The van der Waals surface area contributed by atoms with Crippen LogP contribution in [-0.2, 0) is 18.0 Å². The lowest BCUT2D eigenvalue weighted by Gasteiger charge is -2.29. The molecule has 1 fully saturated rings. The summed E-state index contributed by atoms with van der Waals surface area (Å²) in [5.74, 6) is 1.85. The van der Waals surface area contributed by atoms with Crippen LogP contribution in [0.1, 0.15) is 55.4 Å². The number of methoxy groups -OCH3 is 2. The number of nitrogens with one attached hydrogen (secondary N) is 1. The molecule has 1 saturated heterocycles. The second kappa shape index (κ2) is 16.2. The largest absolute Gasteiger partial charge is 0.497 e. The van der Waals surface area contributed by atoms with Gasteiger partial charge in [-0.15, -0.1) is 11.3 Å². The number of quaternary nitrogens is 1. The molecule has 1 aromatic heterocycles. The van der Waals surface area contributed by atoms with Gasteiger partial charge in [0.2, 0.25) is 0 Å². The number of carbonyl (C=O) groups is 2. The van der Waals surface area contributed by atoms with Crippen molar-refractivity contribution in [2.75, 3.05) is 54.1 Å². The van der Waals surface area contributed by atoms with Crippen molar-refractivity contribution >= 4 is 34.8 Å². The maximum absolute atomic E-state index is 13.4. The van der Waals surface area contributed by atoms with Gasteiger partial charge in [0.25, 0.3) is 5.91 Å². The molecule has 10 nitrogen and oxygen atoms in total. The molecule has 2 atom stereocenters. The number of likely N-dealkylation sites (N-methyl/N-ethyl adjacent to an activating group) is 1. The number of carbonyl (C=O) groups excluding carboxylic acids is 2. The highest BCUT2D eigenvalue weighted by Crippen LogP contribution is 2.39. The lowest BCUT2D eigenvalue weighted by atomic mass is 10.1. The quantitative estimate of drug-likeness (QED) is 0.111. The van der Waals surface area contributed by atoms with Gasteiger partial charge in [0.1, 0.15) is 34.6 Å². The number of halogens is 1. The molecule has 5 rings (SSSR count). The van der Waals surface area contributed by atoms with E-state index in [1.807, 2.05) is 48.5 Å². The first-order chi connectivity index (χ1) is 23.2. The Kier molecular flexibility index (Phi) is 11.8. The zero-order valence-electron chi connectivity index (χ0n) is 27.6. The third-order valence-corrected chi connectivity index (χ3v) is 9.88. The Morgan fingerprint density at radius 1 is 0.958 bits per heavy atom. The van der Waals surface area contributed by atoms with Crippen LogP contribution in [-0.4, -0.2) is 75.4 Å². The fraction of sp³-hybridized carbons (Fsp3) is 0.361. The third kappa shape index (κ3) is 8.77. The zero-order chi connectivity index (χ0) is 34.1. The lowest BCUT2D eigenvalue weighted by molar-refractivity contribution is -0.897. The summed E-state index contributed by atoms with van der Waals surface area (Å²) in [7, 11) is 5.42. The molecule has 3 aromatic carbocycles. The molecule has 1 aliphatic rings. The average molecular weight is 695 g/mol. The molecule has 2 heterocycles. The third-order valence-electron chi connectivity index (χ3n) is 8.37. The van der Waals surface area contributed by atoms with Gasteiger partial charge in [-0.3, -0.25) is 4.79 Å². The van der Waals surface area contributed by atoms with Gasteiger partial charge in [0.15, 0.2) is 11.5 Å². The number of hydrogen-bond donors (Lipinski definition) is 1. The number of thiazole rings is 1. The van der Waals surface area contributed by atoms with Gasteiger partial charge >= 0.3 is 5.97 Å². The van der Waals surface area contributed by atoms with E-state index in [0.29, 0.717) is 35.1 Å². The highest BCUT2D eigenvalue weighted by Gasteiger charge is 2.37. The fourth-order valence-corrected chi connectivity index (χ4v) is 6.85. The lowest BCUT2D eigenvalue weighted by Crippen LogP contribution is -2.46. The zero-order valence-corrected chi connectivity index (χ0v) is 29.2. The van der Waals surface area contributed by atoms with E-state index in [1.165, 1.54) is 11.3 Å². The topological polar surface area (TPSA) is 105 Å². The normalized spacial score (nSPS) is 17.1. The first-order valence-electron chi connectivity index (χ1n) is 15.8. The van der Waals surface area contributed by atoms with Crippen molar-refractivity contribution in [3.05, 3.63) is 98.5 Å². The van der Waals surface area contributed by atoms with Crippen molar-refractivity contribution in [2.45, 2.75) is 32.5 Å². The van der Waals surface area contributed by atoms with Gasteiger partial charge in [-0.25, -0.2) is 9.78 Å². The highest BCUT2D eigenvalue weighted by atomic mass is 35.5. The molecule has 1 N–H and O–H groups in total. The van der Waals surface area contributed by atoms with Crippen molar-refractivity contribution in [1.82, 2.24) is 10.3 Å². The first kappa shape index (κ1) is 35.0. The minimum Gasteiger partial charge on any atom is -0.497 e. The number of benzene rings is 3. The standard InChI is InChI=1S/C36H40ClN3O7S/c1-5-45-36(42)31-20-39-35(48-31)26-16-18-40(2,21-26)19-17-38-34(41)29-14-15-30(46-22-24-6-10-27(43-3)11-7-24)33(32(29)37)47-23-25-8-12-28(44-4)13-9-25/h6-15,20,26H,5,16-19,21-23H2,1-4H3/p+1/t26-,40?/m1/s1. The van der Waals surface area contributed by atoms with Crippen LogP contribution >= 0.6 is 22.9 Å². The molecular weight excluding hydrogens is 654 g/mol. The molecule has 12 heteroatoms. The molecule has 0 aliphatic carbocycles. The maximum Gasteiger partial charge on any atom is 0.349 e. The van der Waals surface area contributed by atoms with E-state index in [-0.39, 0.29) is 36.0 Å². The van der Waals surface area contributed by atoms with E-state index in [0.717, 1.165) is 58.2 Å². The van der Waals surface area contributed by atoms with Crippen LogP contribution in [0.15, 0.2) is 66.9 Å². The fourth-order valence-electron chi connectivity index (χ4n) is 5.62. The maximum atomic E-state index is 13.4. The highest BCUT2D eigenvalue weighted by molar-refractivity contribution is 7.13. The molecule has 1 unspecified atom stereocenters. The predicted molar refractivity (Wildman–Crippen MR) is 185 cm³/mol. The van der Waals surface area contributed by atoms with Crippen LogP contribution in [0.25, 0.3) is 0 Å². The number of rotatable bonds is 15. The van der Waals surface area contributed by atoms with Crippen LogP contribution < -0.4 is 24.3 Å². The van der Waals surface area contributed by atoms with E-state index < -0.39 is 0 Å². The van der Waals surface area contributed by atoms with Crippen molar-refractivity contribution in [1.29, 1.82) is 0 Å². The van der Waals surface area contributed by atoms with E-state index in [9.17, 15) is 9.59 Å². The molecule has 1 amide bonds. The summed E-state index contributed by atoms with van der Waals surface area (Å²) < 4.78 is 28.7. The summed E-state index contributed by atoms with van der Waals surface area (Å²) in [5.41, 5.74) is 2.14. The van der Waals surface area contributed by atoms with Gasteiger partial charge in [-0.2, -0.15) is 0 Å². The van der Waals surface area contributed by atoms with Crippen molar-refractivity contribution in [2.24, 2.45) is 0 Å². The number of nitrogens with zero attached hydrogens (tertiary/aromatic N) is 2. The van der Waals surface area contributed by atoms with Crippen LogP contribution in [0, 0.1) is 0 Å². The summed E-state index contributed by atoms with van der Waals surface area (Å²) >= 11 is 8.27. The van der Waals surface area contributed by atoms with Gasteiger partial charge in [0.05, 0.1) is 76.8 Å². The Bertz CT molecular complexity index is 1700. The minimum absolute atomic E-state index is 0.177. The summed E-state index contributed by atoms with van der Waals surface area (Å²) in [6, 6.07) is 18.5. The molecule has 4 aromatic rings. The molecule has 0 spiro atoms. The number of amides is 1. The Hall–Kier alpha value is -4.32. The SMILES string of the molecule is CCOC(=O)c1cnc([C@@H]2CC[N+](C)(CCNC(=O)c3ccc(OCc4ccc(OC)cc4)c(OCc4ccc(OC)cc4)c3Cl)C2)s1. The summed E-state index contributed by atoms with van der Waals surface area (Å²) in [4.78, 5) is 30.6. The van der Waals surface area contributed by atoms with Crippen molar-refractivity contribution < 1.29 is 37.8 Å². The second-order valence-corrected chi connectivity index (χ2v) is 13.2. The Morgan fingerprint density at radius 3 is 2.23 bits per heavy atom. The van der Waals surface area contributed by atoms with Gasteiger partial charge in [-0.1, -0.05) is 35.9 Å². The summed E-state index contributed by atoms with van der Waals surface area (Å²) in [5, 5.41) is 4.17. The number of aromatic nitrogens is 1. The van der Waals surface area contributed by atoms with E-state index in [4.69, 9.17) is 35.3 Å². The summed E-state index contributed by atoms with van der Waals surface area (Å²) in [6.45, 7) is 5.62. The van der Waals surface area contributed by atoms with Crippen molar-refractivity contribution in [3.8, 4) is 23.0 Å². The molecule has 0 saturated carbocycles. The molecule has 1 aliphatic heterocycles. The Balaban J connectivity index is 1.23. The minimum atomic E-state index is -0.330. The molecule has 0 bridgehead atoms. The second-order valence-electron chi connectivity index (χ2n) is 11.8. The molecular formula is C36H41ClN3O7S+. The van der Waals surface area contributed by atoms with Gasteiger partial charge in [0, 0.05) is 6.42 Å². The number of likely N-dealkylation sites (tertiary alicyclic amines) is 1. The monoisotopic (exact) mass is 694 g/mol. The Labute approximate surface area is 290 Å². The van der Waals surface area contributed by atoms with Gasteiger partial charge < -0.3 is 33.5 Å². The van der Waals surface area contributed by atoms with Gasteiger partial charge in [-0.05, 0) is 54.4 Å². The molecule has 48 heavy (non-hydrogen) atoms. The van der Waals surface area contributed by atoms with Crippen LogP contribution in [0.3, 0.4) is 0 Å². The average Bonchev–Trinajstić information content (AvgIpc) is 3.75. The number of esters is 1. The van der Waals surface area contributed by atoms with E-state index >= 15 is 0 Å². The molecule has 254 valence electrons. The molecule has 0 radical (unpaired) electrons. The van der Waals surface area contributed by atoms with Crippen LogP contribution in [0.4, 0.5) is 0 Å². The van der Waals surface area contributed by atoms with Crippen molar-refractivity contribution in [3.63, 3.8) is 0 Å². The Morgan fingerprint density at radius 2 is 1.60 bits per heavy atom. The van der Waals surface area contributed by atoms with E-state index in [2.05, 4.69) is 17.3 Å². The summed E-state index contributed by atoms with van der Waals surface area (Å²) in [6.07, 6.45) is 2.56. The van der Waals surface area contributed by atoms with Crippen LogP contribution in [0.2, 0.25) is 5.02 Å². The predicted octanol–water partition coefficient (Wildman–Crippen LogP) is 6.51. The van der Waals surface area contributed by atoms with Crippen LogP contribution in [0.5, 0.6) is 23.0 Å². The smallest absolute Gasteiger partial charge is 0.349 e. The number of hydrogen-bond acceptors (Lipinski definition) is 9. The van der Waals surface area contributed by atoms with E-state index in [1.54, 1.807) is 39.5 Å².